The molecule has 0 spiro atoms. The fourth-order valence-electron chi connectivity index (χ4n) is 3.35. The van der Waals surface area contributed by atoms with Crippen LogP contribution in [0, 0.1) is 6.92 Å². The van der Waals surface area contributed by atoms with E-state index >= 15 is 0 Å². The summed E-state index contributed by atoms with van der Waals surface area (Å²) < 4.78 is 1.65. The lowest BCUT2D eigenvalue weighted by molar-refractivity contribution is 0.585. The Bertz CT molecular complexity index is 1010. The smallest absolute Gasteiger partial charge is 0.252 e. The fraction of sp³-hybridized carbons (Fsp3) is 0.368. The molecule has 1 aliphatic rings. The third-order valence-corrected chi connectivity index (χ3v) is 4.79. The number of aryl methyl sites for hydroxylation is 2. The highest BCUT2D eigenvalue weighted by Crippen LogP contribution is 2.20. The minimum absolute atomic E-state index is 0.0592. The number of fused-ring (bicyclic) bond motifs is 1. The third kappa shape index (κ3) is 3.48. The van der Waals surface area contributed by atoms with Crippen LogP contribution in [0.4, 0.5) is 17.5 Å². The SMILES string of the molecule is CCn1c(=O)ccc2c(C)nc(Nc3ccc(N4CCNCC4)nc3)nc21. The van der Waals surface area contributed by atoms with E-state index in [0.717, 1.165) is 48.8 Å². The van der Waals surface area contributed by atoms with Crippen molar-refractivity contribution >= 4 is 28.5 Å². The number of piperazine rings is 1. The van der Waals surface area contributed by atoms with Gasteiger partial charge in [-0.25, -0.2) is 9.97 Å². The Balaban J connectivity index is 1.62. The first-order valence-electron chi connectivity index (χ1n) is 9.22. The molecule has 0 bridgehead atoms. The van der Waals surface area contributed by atoms with Crippen molar-refractivity contribution in [1.29, 1.82) is 0 Å². The van der Waals surface area contributed by atoms with Crippen molar-refractivity contribution in [3.05, 3.63) is 46.5 Å². The lowest BCUT2D eigenvalue weighted by atomic mass is 10.2. The van der Waals surface area contributed by atoms with Gasteiger partial charge in [-0.15, -0.1) is 0 Å². The van der Waals surface area contributed by atoms with Crippen molar-refractivity contribution in [2.45, 2.75) is 20.4 Å². The van der Waals surface area contributed by atoms with Crippen molar-refractivity contribution in [3.8, 4) is 0 Å². The molecule has 0 radical (unpaired) electrons. The highest BCUT2D eigenvalue weighted by atomic mass is 16.1. The summed E-state index contributed by atoms with van der Waals surface area (Å²) >= 11 is 0. The van der Waals surface area contributed by atoms with Gasteiger partial charge >= 0.3 is 0 Å². The van der Waals surface area contributed by atoms with Crippen LogP contribution in [-0.4, -0.2) is 45.7 Å². The molecule has 8 nitrogen and oxygen atoms in total. The number of anilines is 3. The minimum atomic E-state index is -0.0592. The molecule has 4 rings (SSSR count). The average Bonchev–Trinajstić information content (AvgIpc) is 2.69. The van der Waals surface area contributed by atoms with Crippen LogP contribution in [0.2, 0.25) is 0 Å². The zero-order valence-electron chi connectivity index (χ0n) is 15.6. The largest absolute Gasteiger partial charge is 0.354 e. The van der Waals surface area contributed by atoms with E-state index in [1.165, 1.54) is 0 Å². The van der Waals surface area contributed by atoms with E-state index in [1.807, 2.05) is 26.0 Å². The second kappa shape index (κ2) is 7.32. The fourth-order valence-corrected chi connectivity index (χ4v) is 3.35. The number of hydrogen-bond acceptors (Lipinski definition) is 7. The molecule has 27 heavy (non-hydrogen) atoms. The Morgan fingerprint density at radius 3 is 2.67 bits per heavy atom. The molecule has 1 fully saturated rings. The van der Waals surface area contributed by atoms with Gasteiger partial charge in [-0.1, -0.05) is 0 Å². The highest BCUT2D eigenvalue weighted by molar-refractivity contribution is 5.79. The number of rotatable bonds is 4. The van der Waals surface area contributed by atoms with Gasteiger partial charge in [-0.2, -0.15) is 4.98 Å². The van der Waals surface area contributed by atoms with E-state index in [9.17, 15) is 4.79 Å². The topological polar surface area (TPSA) is 88.0 Å². The normalized spacial score (nSPS) is 14.5. The summed E-state index contributed by atoms with van der Waals surface area (Å²) in [5.74, 6) is 1.43. The van der Waals surface area contributed by atoms with E-state index in [2.05, 4.69) is 30.5 Å². The second-order valence-corrected chi connectivity index (χ2v) is 6.55. The molecule has 0 unspecified atom stereocenters. The predicted octanol–water partition coefficient (Wildman–Crippen LogP) is 1.67. The summed E-state index contributed by atoms with van der Waals surface area (Å²) in [5.41, 5.74) is 2.23. The Kier molecular flexibility index (Phi) is 4.72. The van der Waals surface area contributed by atoms with Crippen molar-refractivity contribution in [2.75, 3.05) is 36.4 Å². The van der Waals surface area contributed by atoms with E-state index in [-0.39, 0.29) is 5.56 Å². The van der Waals surface area contributed by atoms with Crippen LogP contribution in [0.25, 0.3) is 11.0 Å². The third-order valence-electron chi connectivity index (χ3n) is 4.79. The molecule has 1 saturated heterocycles. The molecule has 0 atom stereocenters. The maximum Gasteiger partial charge on any atom is 0.252 e. The lowest BCUT2D eigenvalue weighted by Crippen LogP contribution is -2.43. The quantitative estimate of drug-likeness (QED) is 0.727. The van der Waals surface area contributed by atoms with Gasteiger partial charge in [-0.3, -0.25) is 9.36 Å². The molecule has 1 aliphatic heterocycles. The number of aromatic nitrogens is 4. The van der Waals surface area contributed by atoms with Crippen LogP contribution >= 0.6 is 0 Å². The minimum Gasteiger partial charge on any atom is -0.354 e. The molecule has 3 aromatic heterocycles. The van der Waals surface area contributed by atoms with Gasteiger partial charge in [0.15, 0.2) is 0 Å². The van der Waals surface area contributed by atoms with E-state index < -0.39 is 0 Å². The van der Waals surface area contributed by atoms with Crippen LogP contribution < -0.4 is 21.1 Å². The molecule has 140 valence electrons. The Morgan fingerprint density at radius 1 is 1.15 bits per heavy atom. The Hall–Kier alpha value is -3.00. The Morgan fingerprint density at radius 2 is 1.96 bits per heavy atom. The van der Waals surface area contributed by atoms with Gasteiger partial charge in [0.25, 0.3) is 5.56 Å². The van der Waals surface area contributed by atoms with Gasteiger partial charge in [-0.05, 0) is 32.0 Å². The molecule has 4 heterocycles. The van der Waals surface area contributed by atoms with Crippen LogP contribution in [0.5, 0.6) is 0 Å². The lowest BCUT2D eigenvalue weighted by Gasteiger charge is -2.28. The molecule has 0 amide bonds. The first-order valence-corrected chi connectivity index (χ1v) is 9.22. The van der Waals surface area contributed by atoms with Gasteiger partial charge in [0, 0.05) is 44.2 Å². The average molecular weight is 365 g/mol. The van der Waals surface area contributed by atoms with E-state index in [1.54, 1.807) is 22.9 Å². The molecule has 2 N–H and O–H groups in total. The summed E-state index contributed by atoms with van der Waals surface area (Å²) in [6.45, 7) is 8.29. The molecule has 0 aliphatic carbocycles. The number of nitrogens with one attached hydrogen (secondary N) is 2. The second-order valence-electron chi connectivity index (χ2n) is 6.55. The molecule has 0 aromatic carbocycles. The Labute approximate surface area is 157 Å². The summed E-state index contributed by atoms with van der Waals surface area (Å²) in [7, 11) is 0. The van der Waals surface area contributed by atoms with Crippen LogP contribution in [0.1, 0.15) is 12.6 Å². The summed E-state index contributed by atoms with van der Waals surface area (Å²) in [4.78, 5) is 28.0. The summed E-state index contributed by atoms with van der Waals surface area (Å²) in [5, 5.41) is 7.43. The van der Waals surface area contributed by atoms with Crippen molar-refractivity contribution in [2.24, 2.45) is 0 Å². The monoisotopic (exact) mass is 365 g/mol. The first-order chi connectivity index (χ1) is 13.2. The highest BCUT2D eigenvalue weighted by Gasteiger charge is 2.12. The summed E-state index contributed by atoms with van der Waals surface area (Å²) in [6.07, 6.45) is 1.79. The zero-order chi connectivity index (χ0) is 18.8. The maximum absolute atomic E-state index is 12.1. The molecule has 8 heteroatoms. The standard InChI is InChI=1S/C19H23N7O/c1-3-26-17(27)7-5-15-13(2)22-19(24-18(15)26)23-14-4-6-16(21-12-14)25-10-8-20-9-11-25/h4-7,12,20H,3,8-11H2,1-2H3,(H,22,23,24). The van der Waals surface area contributed by atoms with E-state index in [0.29, 0.717) is 18.1 Å². The van der Waals surface area contributed by atoms with Crippen molar-refractivity contribution in [3.63, 3.8) is 0 Å². The maximum atomic E-state index is 12.1. The number of hydrogen-bond donors (Lipinski definition) is 2. The van der Waals surface area contributed by atoms with Crippen molar-refractivity contribution < 1.29 is 0 Å². The van der Waals surface area contributed by atoms with Crippen LogP contribution in [0.3, 0.4) is 0 Å². The molecular formula is C19H23N7O. The predicted molar refractivity (Wildman–Crippen MR) is 107 cm³/mol. The van der Waals surface area contributed by atoms with Gasteiger partial charge in [0.1, 0.15) is 11.5 Å². The first kappa shape index (κ1) is 17.4. The number of nitrogens with zero attached hydrogens (tertiary/aromatic N) is 5. The van der Waals surface area contributed by atoms with Crippen molar-refractivity contribution in [1.82, 2.24) is 24.8 Å². The molecule has 0 saturated carbocycles. The van der Waals surface area contributed by atoms with Gasteiger partial charge in [0.05, 0.1) is 17.6 Å². The van der Waals surface area contributed by atoms with Crippen LogP contribution in [-0.2, 0) is 6.54 Å². The molecular weight excluding hydrogens is 342 g/mol. The van der Waals surface area contributed by atoms with Gasteiger partial charge in [0.2, 0.25) is 5.95 Å². The van der Waals surface area contributed by atoms with Crippen LogP contribution in [0.15, 0.2) is 35.3 Å². The van der Waals surface area contributed by atoms with Gasteiger partial charge < -0.3 is 15.5 Å². The zero-order valence-corrected chi connectivity index (χ0v) is 15.6. The number of pyridine rings is 2. The summed E-state index contributed by atoms with van der Waals surface area (Å²) in [6, 6.07) is 7.33. The van der Waals surface area contributed by atoms with E-state index in [4.69, 9.17) is 0 Å². The molecule has 3 aromatic rings.